The Labute approximate surface area is 197 Å². The molecule has 10 nitrogen and oxygen atoms in total. The standard InChI is InChI=1S/C24H28N4O6/c1-4-5-20(21(12-27-33-31)18-8-6-16(2)23(10-18)25-14-29)22(13-28-34-32)19-9-7-17(3)24(11-19)26-15-30/h4,6-11,20-22,27-28,31-32H,1,5,12-13H2,2-3H3. The van der Waals surface area contributed by atoms with Gasteiger partial charge in [-0.25, -0.2) is 20.1 Å². The van der Waals surface area contributed by atoms with Crippen LogP contribution in [0.2, 0.25) is 0 Å². The Morgan fingerprint density at radius 1 is 0.912 bits per heavy atom. The highest BCUT2D eigenvalue weighted by atomic mass is 17.2. The number of rotatable bonds is 14. The molecule has 0 saturated carbocycles. The summed E-state index contributed by atoms with van der Waals surface area (Å²) in [6.07, 6.45) is 5.43. The molecule has 2 atom stereocenters. The molecule has 0 aromatic heterocycles. The van der Waals surface area contributed by atoms with Gasteiger partial charge >= 0.3 is 0 Å². The first kappa shape index (κ1) is 26.9. The molecule has 2 unspecified atom stereocenters. The molecule has 2 aromatic rings. The van der Waals surface area contributed by atoms with E-state index in [9.17, 15) is 9.59 Å². The van der Waals surface area contributed by atoms with E-state index in [1.54, 1.807) is 30.4 Å². The van der Waals surface area contributed by atoms with Crippen molar-refractivity contribution in [2.24, 2.45) is 15.9 Å². The van der Waals surface area contributed by atoms with Crippen molar-refractivity contribution < 1.29 is 30.1 Å². The SMILES string of the molecule is C=CCC(C(CNOO)c1ccc(C)c(N=C=O)c1)C(CNOO)c1ccc(C)c(N=C=O)c1. The maximum Gasteiger partial charge on any atom is 0.240 e. The van der Waals surface area contributed by atoms with Gasteiger partial charge in [-0.2, -0.15) is 20.9 Å². The number of hydroxylamine groups is 2. The van der Waals surface area contributed by atoms with Gasteiger partial charge in [0.15, 0.2) is 0 Å². The quantitative estimate of drug-likeness (QED) is 0.106. The van der Waals surface area contributed by atoms with Gasteiger partial charge in [0.1, 0.15) is 0 Å². The largest absolute Gasteiger partial charge is 0.240 e. The van der Waals surface area contributed by atoms with Crippen LogP contribution in [0.15, 0.2) is 59.0 Å². The lowest BCUT2D eigenvalue weighted by atomic mass is 9.73. The fraction of sp³-hybridized carbons (Fsp3) is 0.333. The van der Waals surface area contributed by atoms with E-state index in [0.717, 1.165) is 22.3 Å². The molecule has 0 aliphatic carbocycles. The van der Waals surface area contributed by atoms with Gasteiger partial charge in [-0.05, 0) is 60.6 Å². The highest BCUT2D eigenvalue weighted by Gasteiger charge is 2.32. The Kier molecular flexibility index (Phi) is 11.2. The first-order valence-corrected chi connectivity index (χ1v) is 10.5. The van der Waals surface area contributed by atoms with Crippen molar-refractivity contribution in [2.75, 3.05) is 13.1 Å². The van der Waals surface area contributed by atoms with Crippen LogP contribution in [-0.4, -0.2) is 35.8 Å². The van der Waals surface area contributed by atoms with Crippen molar-refractivity contribution in [3.05, 3.63) is 71.3 Å². The van der Waals surface area contributed by atoms with Gasteiger partial charge in [0, 0.05) is 24.9 Å². The summed E-state index contributed by atoms with van der Waals surface area (Å²) in [6.45, 7) is 7.95. The van der Waals surface area contributed by atoms with Crippen LogP contribution in [0, 0.1) is 19.8 Å². The van der Waals surface area contributed by atoms with Gasteiger partial charge in [-0.1, -0.05) is 30.3 Å². The van der Waals surface area contributed by atoms with E-state index in [1.807, 2.05) is 38.1 Å². The molecule has 0 heterocycles. The second kappa shape index (κ2) is 14.1. The molecular weight excluding hydrogens is 440 g/mol. The molecule has 0 spiro atoms. The smallest absolute Gasteiger partial charge is 0.233 e. The summed E-state index contributed by atoms with van der Waals surface area (Å²) in [5.41, 5.74) is 9.21. The van der Waals surface area contributed by atoms with E-state index in [1.165, 1.54) is 0 Å². The van der Waals surface area contributed by atoms with E-state index in [0.29, 0.717) is 17.8 Å². The second-order valence-electron chi connectivity index (χ2n) is 7.78. The third kappa shape index (κ3) is 7.10. The zero-order valence-electron chi connectivity index (χ0n) is 19.0. The number of isocyanates is 2. The van der Waals surface area contributed by atoms with Crippen molar-refractivity contribution in [3.8, 4) is 0 Å². The van der Waals surface area contributed by atoms with Crippen molar-refractivity contribution in [1.29, 1.82) is 0 Å². The number of nitrogens with one attached hydrogen (secondary N) is 2. The monoisotopic (exact) mass is 468 g/mol. The summed E-state index contributed by atoms with van der Waals surface area (Å²) < 4.78 is 0. The molecule has 0 amide bonds. The molecule has 0 saturated heterocycles. The number of hydrogen-bond donors (Lipinski definition) is 4. The van der Waals surface area contributed by atoms with Crippen molar-refractivity contribution in [3.63, 3.8) is 0 Å². The Balaban J connectivity index is 2.64. The fourth-order valence-electron chi connectivity index (χ4n) is 4.14. The molecule has 0 radical (unpaired) electrons. The van der Waals surface area contributed by atoms with E-state index in [2.05, 4.69) is 37.5 Å². The van der Waals surface area contributed by atoms with Crippen molar-refractivity contribution >= 4 is 23.5 Å². The van der Waals surface area contributed by atoms with Crippen LogP contribution in [0.5, 0.6) is 0 Å². The summed E-state index contributed by atoms with van der Waals surface area (Å²) >= 11 is 0. The summed E-state index contributed by atoms with van der Waals surface area (Å²) in [6, 6.07) is 11.1. The molecular formula is C24H28N4O6. The van der Waals surface area contributed by atoms with Gasteiger partial charge in [0.25, 0.3) is 0 Å². The van der Waals surface area contributed by atoms with Gasteiger partial charge in [-0.15, -0.1) is 16.6 Å². The normalized spacial score (nSPS) is 13.3. The van der Waals surface area contributed by atoms with E-state index < -0.39 is 0 Å². The van der Waals surface area contributed by atoms with Crippen LogP contribution in [-0.2, 0) is 19.6 Å². The van der Waals surface area contributed by atoms with Crippen LogP contribution in [0.4, 0.5) is 11.4 Å². The van der Waals surface area contributed by atoms with Gasteiger partial charge in [0.05, 0.1) is 11.4 Å². The fourth-order valence-corrected chi connectivity index (χ4v) is 4.14. The summed E-state index contributed by atoms with van der Waals surface area (Å²) in [7, 11) is 0. The molecule has 34 heavy (non-hydrogen) atoms. The van der Waals surface area contributed by atoms with Gasteiger partial charge in [-0.3, -0.25) is 0 Å². The van der Waals surface area contributed by atoms with E-state index >= 15 is 0 Å². The molecule has 0 aliphatic heterocycles. The average molecular weight is 469 g/mol. The number of benzene rings is 2. The van der Waals surface area contributed by atoms with Crippen molar-refractivity contribution in [2.45, 2.75) is 32.1 Å². The lowest BCUT2D eigenvalue weighted by Gasteiger charge is -2.34. The zero-order valence-corrected chi connectivity index (χ0v) is 19.0. The molecule has 0 aliphatic rings. The highest BCUT2D eigenvalue weighted by molar-refractivity contribution is 5.56. The number of aryl methyl sites for hydroxylation is 2. The molecule has 0 bridgehead atoms. The number of nitrogens with zero attached hydrogens (tertiary/aromatic N) is 2. The molecule has 180 valence electrons. The Bertz CT molecular complexity index is 984. The minimum Gasteiger partial charge on any atom is -0.233 e. The van der Waals surface area contributed by atoms with E-state index in [-0.39, 0.29) is 30.8 Å². The predicted octanol–water partition coefficient (Wildman–Crippen LogP) is 4.29. The highest BCUT2D eigenvalue weighted by Crippen LogP contribution is 2.40. The van der Waals surface area contributed by atoms with E-state index in [4.69, 9.17) is 10.5 Å². The molecule has 0 fully saturated rings. The summed E-state index contributed by atoms with van der Waals surface area (Å²) in [5, 5.41) is 17.9. The third-order valence-corrected chi connectivity index (χ3v) is 5.86. The molecule has 2 rings (SSSR count). The molecule has 2 aromatic carbocycles. The maximum atomic E-state index is 10.9. The topological polar surface area (TPSA) is 142 Å². The zero-order chi connectivity index (χ0) is 24.9. The van der Waals surface area contributed by atoms with Crippen molar-refractivity contribution in [1.82, 2.24) is 11.0 Å². The maximum absolute atomic E-state index is 10.9. The Morgan fingerprint density at radius 3 is 1.71 bits per heavy atom. The second-order valence-corrected chi connectivity index (χ2v) is 7.78. The van der Waals surface area contributed by atoms with Gasteiger partial charge < -0.3 is 0 Å². The minimum atomic E-state index is -0.281. The van der Waals surface area contributed by atoms with Crippen LogP contribution in [0.3, 0.4) is 0 Å². The molecule has 10 heteroatoms. The molecule has 4 N–H and O–H groups in total. The summed E-state index contributed by atoms with van der Waals surface area (Å²) in [5.74, 6) is -0.748. The van der Waals surface area contributed by atoms with Crippen LogP contribution in [0.1, 0.15) is 40.5 Å². The number of carbonyl (C=O) groups excluding carboxylic acids is 2. The number of allylic oxidation sites excluding steroid dienone is 1. The lowest BCUT2D eigenvalue weighted by molar-refractivity contribution is -0.294. The first-order valence-electron chi connectivity index (χ1n) is 10.5. The number of hydrogen-bond acceptors (Lipinski definition) is 10. The van der Waals surface area contributed by atoms with Crippen LogP contribution in [0.25, 0.3) is 0 Å². The predicted molar refractivity (Wildman–Crippen MR) is 125 cm³/mol. The Hall–Kier alpha value is -3.30. The average Bonchev–Trinajstić information content (AvgIpc) is 2.83. The Morgan fingerprint density at radius 2 is 1.35 bits per heavy atom. The minimum absolute atomic E-state index is 0.186. The van der Waals surface area contributed by atoms with Crippen LogP contribution < -0.4 is 11.0 Å². The van der Waals surface area contributed by atoms with Gasteiger partial charge in [0.2, 0.25) is 12.2 Å². The third-order valence-electron chi connectivity index (χ3n) is 5.86. The lowest BCUT2D eigenvalue weighted by Crippen LogP contribution is -2.34. The van der Waals surface area contributed by atoms with Crippen LogP contribution >= 0.6 is 0 Å². The first-order chi connectivity index (χ1) is 16.5. The summed E-state index contributed by atoms with van der Waals surface area (Å²) in [4.78, 5) is 37.7. The number of aliphatic imine (C=N–C) groups is 2.